The molecular weight excluding hydrogens is 322 g/mol. The molecule has 2 rings (SSSR count). The number of hydrogen-bond donors (Lipinski definition) is 3. The van der Waals surface area contributed by atoms with Crippen molar-refractivity contribution in [3.05, 3.63) is 65.7 Å². The first-order valence-corrected chi connectivity index (χ1v) is 8.06. The van der Waals surface area contributed by atoms with E-state index in [4.69, 9.17) is 12.2 Å². The predicted molar refractivity (Wildman–Crippen MR) is 99.2 cm³/mol. The van der Waals surface area contributed by atoms with Crippen LogP contribution in [0.2, 0.25) is 0 Å². The van der Waals surface area contributed by atoms with Crippen LogP contribution < -0.4 is 16.0 Å². The third-order valence-electron chi connectivity index (χ3n) is 3.20. The predicted octanol–water partition coefficient (Wildman–Crippen LogP) is 2.95. The van der Waals surface area contributed by atoms with Crippen LogP contribution in [0, 0.1) is 0 Å². The summed E-state index contributed by atoms with van der Waals surface area (Å²) >= 11 is 5.13. The number of benzene rings is 2. The molecule has 0 fully saturated rings. The molecule has 6 heteroatoms. The second-order valence-corrected chi connectivity index (χ2v) is 5.52. The van der Waals surface area contributed by atoms with Crippen LogP contribution >= 0.6 is 12.2 Å². The molecule has 2 amide bonds. The van der Waals surface area contributed by atoms with Gasteiger partial charge in [0.25, 0.3) is 11.8 Å². The van der Waals surface area contributed by atoms with Crippen LogP contribution in [0.4, 0.5) is 5.69 Å². The Morgan fingerprint density at radius 2 is 1.54 bits per heavy atom. The van der Waals surface area contributed by atoms with Crippen LogP contribution in [0.25, 0.3) is 0 Å². The molecule has 2 aromatic carbocycles. The van der Waals surface area contributed by atoms with Gasteiger partial charge in [-0.25, -0.2) is 0 Å². The number of hydrogen-bond acceptors (Lipinski definition) is 3. The van der Waals surface area contributed by atoms with Crippen molar-refractivity contribution >= 4 is 34.8 Å². The second kappa shape index (κ2) is 8.79. The van der Waals surface area contributed by atoms with E-state index in [0.29, 0.717) is 23.4 Å². The highest BCUT2D eigenvalue weighted by Gasteiger charge is 2.08. The maximum Gasteiger partial charge on any atom is 0.257 e. The molecule has 3 N–H and O–H groups in total. The summed E-state index contributed by atoms with van der Waals surface area (Å²) < 4.78 is 0. The SMILES string of the molecule is CCCNC(=O)c1ccc(NC(=S)NC(=O)c2ccccc2)cc1. The minimum Gasteiger partial charge on any atom is -0.352 e. The van der Waals surface area contributed by atoms with E-state index in [1.54, 1.807) is 48.5 Å². The van der Waals surface area contributed by atoms with Gasteiger partial charge in [-0.1, -0.05) is 25.1 Å². The molecule has 0 saturated heterocycles. The third-order valence-corrected chi connectivity index (χ3v) is 3.41. The van der Waals surface area contributed by atoms with Crippen molar-refractivity contribution in [2.24, 2.45) is 0 Å². The first-order valence-electron chi connectivity index (χ1n) is 7.66. The van der Waals surface area contributed by atoms with Crippen LogP contribution in [-0.4, -0.2) is 23.5 Å². The monoisotopic (exact) mass is 341 g/mol. The molecule has 0 aliphatic carbocycles. The van der Waals surface area contributed by atoms with E-state index in [-0.39, 0.29) is 16.9 Å². The summed E-state index contributed by atoms with van der Waals surface area (Å²) in [6.07, 6.45) is 0.890. The Labute approximate surface area is 146 Å². The quantitative estimate of drug-likeness (QED) is 0.731. The maximum absolute atomic E-state index is 12.0. The van der Waals surface area contributed by atoms with Gasteiger partial charge in [0.1, 0.15) is 0 Å². The largest absolute Gasteiger partial charge is 0.352 e. The van der Waals surface area contributed by atoms with Crippen molar-refractivity contribution in [2.75, 3.05) is 11.9 Å². The second-order valence-electron chi connectivity index (χ2n) is 5.11. The molecule has 0 aliphatic rings. The van der Waals surface area contributed by atoms with Crippen molar-refractivity contribution < 1.29 is 9.59 Å². The van der Waals surface area contributed by atoms with Gasteiger partial charge in [0.05, 0.1) is 0 Å². The molecule has 0 heterocycles. The van der Waals surface area contributed by atoms with Crippen LogP contribution in [0.1, 0.15) is 34.1 Å². The van der Waals surface area contributed by atoms with E-state index >= 15 is 0 Å². The third kappa shape index (κ3) is 5.17. The Morgan fingerprint density at radius 1 is 0.917 bits per heavy atom. The summed E-state index contributed by atoms with van der Waals surface area (Å²) in [7, 11) is 0. The smallest absolute Gasteiger partial charge is 0.257 e. The van der Waals surface area contributed by atoms with Gasteiger partial charge in [0.15, 0.2) is 5.11 Å². The molecule has 0 atom stereocenters. The zero-order valence-electron chi connectivity index (χ0n) is 13.3. The minimum absolute atomic E-state index is 0.108. The normalized spacial score (nSPS) is 9.88. The molecule has 0 aromatic heterocycles. The highest BCUT2D eigenvalue weighted by Crippen LogP contribution is 2.09. The molecule has 0 saturated carbocycles. The van der Waals surface area contributed by atoms with Crippen molar-refractivity contribution in [3.8, 4) is 0 Å². The Kier molecular flexibility index (Phi) is 6.45. The number of anilines is 1. The molecule has 124 valence electrons. The van der Waals surface area contributed by atoms with E-state index in [9.17, 15) is 9.59 Å². The Morgan fingerprint density at radius 3 is 2.17 bits per heavy atom. The number of carbonyl (C=O) groups is 2. The van der Waals surface area contributed by atoms with Gasteiger partial charge in [0.2, 0.25) is 0 Å². The van der Waals surface area contributed by atoms with E-state index in [2.05, 4.69) is 16.0 Å². The Hall–Kier alpha value is -2.73. The summed E-state index contributed by atoms with van der Waals surface area (Å²) in [5.41, 5.74) is 1.80. The first kappa shape index (κ1) is 17.6. The summed E-state index contributed by atoms with van der Waals surface area (Å²) in [5, 5.41) is 8.54. The summed E-state index contributed by atoms with van der Waals surface area (Å²) in [4.78, 5) is 23.8. The average molecular weight is 341 g/mol. The number of nitrogens with one attached hydrogen (secondary N) is 3. The maximum atomic E-state index is 12.0. The fraction of sp³-hybridized carbons (Fsp3) is 0.167. The van der Waals surface area contributed by atoms with Gasteiger partial charge < -0.3 is 10.6 Å². The van der Waals surface area contributed by atoms with Crippen LogP contribution in [0.3, 0.4) is 0 Å². The standard InChI is InChI=1S/C18H19N3O2S/c1-2-12-19-16(22)14-8-10-15(11-9-14)20-18(24)21-17(23)13-6-4-3-5-7-13/h3-11H,2,12H2,1H3,(H,19,22)(H2,20,21,23,24). The van der Waals surface area contributed by atoms with E-state index in [1.807, 2.05) is 13.0 Å². The highest BCUT2D eigenvalue weighted by atomic mass is 32.1. The molecule has 0 bridgehead atoms. The fourth-order valence-electron chi connectivity index (χ4n) is 1.97. The number of thiocarbonyl (C=S) groups is 1. The highest BCUT2D eigenvalue weighted by molar-refractivity contribution is 7.80. The van der Waals surface area contributed by atoms with Gasteiger partial charge >= 0.3 is 0 Å². The van der Waals surface area contributed by atoms with Gasteiger partial charge in [-0.05, 0) is 55.0 Å². The molecule has 24 heavy (non-hydrogen) atoms. The summed E-state index contributed by atoms with van der Waals surface area (Å²) in [5.74, 6) is -0.382. The zero-order chi connectivity index (χ0) is 17.4. The molecule has 2 aromatic rings. The van der Waals surface area contributed by atoms with Crippen molar-refractivity contribution in [1.82, 2.24) is 10.6 Å². The number of amides is 2. The average Bonchev–Trinajstić information content (AvgIpc) is 2.61. The van der Waals surface area contributed by atoms with E-state index < -0.39 is 0 Å². The first-order chi connectivity index (χ1) is 11.6. The zero-order valence-corrected chi connectivity index (χ0v) is 14.2. The lowest BCUT2D eigenvalue weighted by molar-refractivity contribution is 0.0951. The van der Waals surface area contributed by atoms with Crippen molar-refractivity contribution in [1.29, 1.82) is 0 Å². The summed E-state index contributed by atoms with van der Waals surface area (Å²) in [6, 6.07) is 15.7. The fourth-order valence-corrected chi connectivity index (χ4v) is 2.18. The van der Waals surface area contributed by atoms with Crippen LogP contribution in [0.15, 0.2) is 54.6 Å². The van der Waals surface area contributed by atoms with Crippen LogP contribution in [0.5, 0.6) is 0 Å². The van der Waals surface area contributed by atoms with Crippen molar-refractivity contribution in [3.63, 3.8) is 0 Å². The molecule has 5 nitrogen and oxygen atoms in total. The van der Waals surface area contributed by atoms with E-state index in [1.165, 1.54) is 0 Å². The molecular formula is C18H19N3O2S. The topological polar surface area (TPSA) is 70.2 Å². The Balaban J connectivity index is 1.90. The van der Waals surface area contributed by atoms with Gasteiger partial charge in [-0.2, -0.15) is 0 Å². The minimum atomic E-state index is -0.274. The molecule has 0 aliphatic heterocycles. The van der Waals surface area contributed by atoms with Crippen molar-refractivity contribution in [2.45, 2.75) is 13.3 Å². The lowest BCUT2D eigenvalue weighted by Gasteiger charge is -2.10. The van der Waals surface area contributed by atoms with Gasteiger partial charge in [0, 0.05) is 23.4 Å². The lowest BCUT2D eigenvalue weighted by atomic mass is 10.2. The molecule has 0 radical (unpaired) electrons. The van der Waals surface area contributed by atoms with E-state index in [0.717, 1.165) is 6.42 Å². The van der Waals surface area contributed by atoms with Gasteiger partial charge in [-0.15, -0.1) is 0 Å². The number of rotatable bonds is 5. The Bertz CT molecular complexity index is 715. The molecule has 0 spiro atoms. The number of carbonyl (C=O) groups excluding carboxylic acids is 2. The lowest BCUT2D eigenvalue weighted by Crippen LogP contribution is -2.34. The van der Waals surface area contributed by atoms with Crippen LogP contribution in [-0.2, 0) is 0 Å². The van der Waals surface area contributed by atoms with Gasteiger partial charge in [-0.3, -0.25) is 14.9 Å². The molecule has 0 unspecified atom stereocenters. The summed E-state index contributed by atoms with van der Waals surface area (Å²) in [6.45, 7) is 2.65.